The molecule has 0 bridgehead atoms. The van der Waals surface area contributed by atoms with E-state index in [0.29, 0.717) is 29.5 Å². The Kier molecular flexibility index (Phi) is 13.0. The summed E-state index contributed by atoms with van der Waals surface area (Å²) >= 11 is 0. The van der Waals surface area contributed by atoms with E-state index in [0.717, 1.165) is 38.0 Å². The van der Waals surface area contributed by atoms with Gasteiger partial charge in [-0.05, 0) is 76.1 Å². The molecule has 3 rings (SSSR count). The average Bonchev–Trinajstić information content (AvgIpc) is 2.88. The molecule has 2 aromatic carbocycles. The summed E-state index contributed by atoms with van der Waals surface area (Å²) in [6.45, 7) is 6.41. The van der Waals surface area contributed by atoms with E-state index in [1.54, 1.807) is 12.1 Å². The number of nitrogen functional groups attached to an aromatic ring is 1. The van der Waals surface area contributed by atoms with Crippen LogP contribution in [-0.2, 0) is 0 Å². The molecule has 0 aliphatic carbocycles. The third-order valence-corrected chi connectivity index (χ3v) is 5.16. The number of nitrogens with zero attached hydrogens (tertiary/aromatic N) is 1. The van der Waals surface area contributed by atoms with Crippen molar-refractivity contribution in [3.8, 4) is 0 Å². The third-order valence-electron chi connectivity index (χ3n) is 5.16. The van der Waals surface area contributed by atoms with E-state index in [1.807, 2.05) is 50.2 Å². The fourth-order valence-corrected chi connectivity index (χ4v) is 3.76. The largest absolute Gasteiger partial charge is 0.397 e. The van der Waals surface area contributed by atoms with E-state index in [2.05, 4.69) is 15.5 Å². The lowest BCUT2D eigenvalue weighted by molar-refractivity contribution is 0.0373. The SMILES string of the molecule is CC(C)(O)CN1CCCC(Nc2ccc(C(=O)Nc3ccccc3N)cc2)CC1.Cl.Cl.Cl. The van der Waals surface area contributed by atoms with Crippen molar-refractivity contribution in [3.05, 3.63) is 54.1 Å². The molecule has 6 nitrogen and oxygen atoms in total. The quantitative estimate of drug-likeness (QED) is 0.422. The van der Waals surface area contributed by atoms with Gasteiger partial charge >= 0.3 is 0 Å². The molecule has 2 aromatic rings. The van der Waals surface area contributed by atoms with Crippen molar-refractivity contribution in [2.75, 3.05) is 36.0 Å². The van der Waals surface area contributed by atoms with Gasteiger partial charge in [0.15, 0.2) is 0 Å². The highest BCUT2D eigenvalue weighted by molar-refractivity contribution is 6.05. The van der Waals surface area contributed by atoms with Crippen LogP contribution in [0.2, 0.25) is 0 Å². The molecule has 1 aliphatic heterocycles. The number of rotatable bonds is 6. The van der Waals surface area contributed by atoms with Gasteiger partial charge in [0.1, 0.15) is 0 Å². The van der Waals surface area contributed by atoms with Gasteiger partial charge in [0.25, 0.3) is 5.91 Å². The number of hydrogen-bond acceptors (Lipinski definition) is 5. The van der Waals surface area contributed by atoms with Gasteiger partial charge in [-0.15, -0.1) is 37.2 Å². The summed E-state index contributed by atoms with van der Waals surface area (Å²) < 4.78 is 0. The first kappa shape index (κ1) is 30.3. The molecule has 32 heavy (non-hydrogen) atoms. The summed E-state index contributed by atoms with van der Waals surface area (Å²) in [7, 11) is 0. The maximum Gasteiger partial charge on any atom is 0.255 e. The Morgan fingerprint density at radius 1 is 1.06 bits per heavy atom. The molecule has 5 N–H and O–H groups in total. The first-order valence-corrected chi connectivity index (χ1v) is 10.3. The monoisotopic (exact) mass is 504 g/mol. The number of likely N-dealkylation sites (tertiary alicyclic amines) is 1. The third kappa shape index (κ3) is 9.43. The summed E-state index contributed by atoms with van der Waals surface area (Å²) in [5, 5.41) is 16.5. The number of hydrogen-bond donors (Lipinski definition) is 4. The Hall–Kier alpha value is -1.70. The van der Waals surface area contributed by atoms with Crippen LogP contribution in [0.15, 0.2) is 48.5 Å². The minimum Gasteiger partial charge on any atom is -0.397 e. The molecule has 0 radical (unpaired) electrons. The van der Waals surface area contributed by atoms with Gasteiger partial charge in [-0.3, -0.25) is 4.79 Å². The first-order chi connectivity index (χ1) is 13.8. The number of β-amino-alcohol motifs (C(OH)–C–C–N with tert-alkyl or cyclic N) is 1. The van der Waals surface area contributed by atoms with Crippen LogP contribution < -0.4 is 16.4 Å². The molecule has 9 heteroatoms. The minimum absolute atomic E-state index is 0. The second-order valence-corrected chi connectivity index (χ2v) is 8.48. The van der Waals surface area contributed by atoms with Crippen LogP contribution in [0.4, 0.5) is 17.1 Å². The molecule has 1 atom stereocenters. The number of benzene rings is 2. The molecule has 0 aromatic heterocycles. The molecule has 1 aliphatic rings. The second kappa shape index (κ2) is 13.8. The maximum absolute atomic E-state index is 12.5. The zero-order valence-corrected chi connectivity index (χ0v) is 21.0. The molecule has 1 fully saturated rings. The van der Waals surface area contributed by atoms with Crippen molar-refractivity contribution in [3.63, 3.8) is 0 Å². The first-order valence-electron chi connectivity index (χ1n) is 10.3. The Labute approximate surface area is 209 Å². The van der Waals surface area contributed by atoms with Crippen LogP contribution >= 0.6 is 37.2 Å². The van der Waals surface area contributed by atoms with E-state index in [1.165, 1.54) is 0 Å². The van der Waals surface area contributed by atoms with Gasteiger partial charge in [-0.2, -0.15) is 0 Å². The lowest BCUT2D eigenvalue weighted by atomic mass is 10.1. The summed E-state index contributed by atoms with van der Waals surface area (Å²) in [6.07, 6.45) is 3.23. The molecular formula is C23H35Cl3N4O2. The highest BCUT2D eigenvalue weighted by Gasteiger charge is 2.22. The predicted octanol–water partition coefficient (Wildman–Crippen LogP) is 4.82. The van der Waals surface area contributed by atoms with Crippen molar-refractivity contribution in [2.45, 2.75) is 44.8 Å². The van der Waals surface area contributed by atoms with Crippen LogP contribution in [0.3, 0.4) is 0 Å². The topological polar surface area (TPSA) is 90.6 Å². The fraction of sp³-hybridized carbons (Fsp3) is 0.435. The number of halogens is 3. The standard InChI is InChI=1S/C23H32N4O2.3ClH/c1-23(2,29)16-27-14-5-6-18(13-15-27)25-19-11-9-17(10-12-19)22(28)26-21-8-4-3-7-20(21)24;;;/h3-4,7-12,18,25,29H,5-6,13-16,24H2,1-2H3,(H,26,28);3*1H. The molecule has 1 unspecified atom stereocenters. The number of aliphatic hydroxyl groups is 1. The van der Waals surface area contributed by atoms with E-state index in [-0.39, 0.29) is 43.1 Å². The zero-order valence-electron chi connectivity index (χ0n) is 18.5. The molecule has 180 valence electrons. The van der Waals surface area contributed by atoms with Crippen molar-refractivity contribution in [1.82, 2.24) is 4.90 Å². The smallest absolute Gasteiger partial charge is 0.255 e. The van der Waals surface area contributed by atoms with Gasteiger partial charge in [0.2, 0.25) is 0 Å². The molecule has 1 amide bonds. The summed E-state index contributed by atoms with van der Waals surface area (Å²) in [4.78, 5) is 14.8. The van der Waals surface area contributed by atoms with Gasteiger partial charge in [-0.1, -0.05) is 12.1 Å². The van der Waals surface area contributed by atoms with Crippen molar-refractivity contribution >= 4 is 60.2 Å². The van der Waals surface area contributed by atoms with Crippen molar-refractivity contribution in [1.29, 1.82) is 0 Å². The minimum atomic E-state index is -0.659. The molecule has 1 saturated heterocycles. The Morgan fingerprint density at radius 3 is 2.34 bits per heavy atom. The van der Waals surface area contributed by atoms with Crippen LogP contribution in [0, 0.1) is 0 Å². The van der Waals surface area contributed by atoms with E-state index >= 15 is 0 Å². The number of para-hydroxylation sites is 2. The Morgan fingerprint density at radius 2 is 1.72 bits per heavy atom. The molecule has 0 spiro atoms. The number of amides is 1. The number of carbonyl (C=O) groups excluding carboxylic acids is 1. The predicted molar refractivity (Wildman–Crippen MR) is 141 cm³/mol. The highest BCUT2D eigenvalue weighted by atomic mass is 35.5. The number of carbonyl (C=O) groups is 1. The normalized spacial score (nSPS) is 16.4. The van der Waals surface area contributed by atoms with E-state index in [9.17, 15) is 9.90 Å². The van der Waals surface area contributed by atoms with E-state index in [4.69, 9.17) is 5.73 Å². The van der Waals surface area contributed by atoms with Crippen molar-refractivity contribution < 1.29 is 9.90 Å². The Bertz CT molecular complexity index is 829. The van der Waals surface area contributed by atoms with Crippen LogP contribution in [-0.4, -0.2) is 47.2 Å². The van der Waals surface area contributed by atoms with Gasteiger partial charge in [0.05, 0.1) is 17.0 Å². The van der Waals surface area contributed by atoms with Gasteiger partial charge in [0, 0.05) is 30.4 Å². The van der Waals surface area contributed by atoms with Gasteiger partial charge in [-0.25, -0.2) is 0 Å². The molecule has 0 saturated carbocycles. The van der Waals surface area contributed by atoms with Crippen LogP contribution in [0.5, 0.6) is 0 Å². The Balaban J connectivity index is 0.00000320. The maximum atomic E-state index is 12.5. The van der Waals surface area contributed by atoms with Crippen molar-refractivity contribution in [2.24, 2.45) is 0 Å². The zero-order chi connectivity index (χ0) is 20.9. The van der Waals surface area contributed by atoms with Crippen LogP contribution in [0.25, 0.3) is 0 Å². The lowest BCUT2D eigenvalue weighted by Gasteiger charge is -2.27. The number of nitrogens with one attached hydrogen (secondary N) is 2. The highest BCUT2D eigenvalue weighted by Crippen LogP contribution is 2.21. The van der Waals surface area contributed by atoms with E-state index < -0.39 is 5.60 Å². The average molecular weight is 506 g/mol. The summed E-state index contributed by atoms with van der Waals surface area (Å²) in [5.74, 6) is -0.175. The lowest BCUT2D eigenvalue weighted by Crippen LogP contribution is -2.39. The van der Waals surface area contributed by atoms with Crippen LogP contribution in [0.1, 0.15) is 43.5 Å². The van der Waals surface area contributed by atoms with Gasteiger partial charge < -0.3 is 26.4 Å². The molecule has 1 heterocycles. The number of anilines is 3. The number of nitrogens with two attached hydrogens (primary N) is 1. The summed E-state index contributed by atoms with van der Waals surface area (Å²) in [5.41, 5.74) is 8.01. The fourth-order valence-electron chi connectivity index (χ4n) is 3.76. The second-order valence-electron chi connectivity index (χ2n) is 8.48. The molecular weight excluding hydrogens is 471 g/mol. The summed E-state index contributed by atoms with van der Waals surface area (Å²) in [6, 6.07) is 15.2.